The summed E-state index contributed by atoms with van der Waals surface area (Å²) in [5.74, 6) is -0.0225. The lowest BCUT2D eigenvalue weighted by Gasteiger charge is -2.28. The zero-order valence-corrected chi connectivity index (χ0v) is 12.8. The molecule has 1 aromatic carbocycles. The number of aliphatic hydroxyl groups excluding tert-OH is 1. The summed E-state index contributed by atoms with van der Waals surface area (Å²) < 4.78 is 0. The first kappa shape index (κ1) is 15.2. The Morgan fingerprint density at radius 2 is 2.00 bits per heavy atom. The number of rotatable bonds is 5. The fourth-order valence-corrected chi connectivity index (χ4v) is 3.27. The number of amides is 1. The molecular formula is C17H23N3O2. The fraction of sp³-hybridized carbons (Fsp3) is 0.529. The van der Waals surface area contributed by atoms with Crippen molar-refractivity contribution in [2.45, 2.75) is 37.6 Å². The van der Waals surface area contributed by atoms with Crippen LogP contribution in [0, 0.1) is 0 Å². The lowest BCUT2D eigenvalue weighted by atomic mass is 9.99. The number of nitrogens with zero attached hydrogens (tertiary/aromatic N) is 2. The second-order valence-corrected chi connectivity index (χ2v) is 6.18. The summed E-state index contributed by atoms with van der Waals surface area (Å²) in [5.41, 5.74) is 1.78. The van der Waals surface area contributed by atoms with E-state index in [1.165, 1.54) is 0 Å². The Labute approximate surface area is 131 Å². The SMILES string of the molecule is O=C(CNC1(CO)CCCC1)N1CCC(c2ccccc2)=N1. The van der Waals surface area contributed by atoms with E-state index in [0.717, 1.165) is 43.4 Å². The molecule has 0 atom stereocenters. The van der Waals surface area contributed by atoms with Gasteiger partial charge in [-0.1, -0.05) is 43.2 Å². The van der Waals surface area contributed by atoms with E-state index in [1.54, 1.807) is 5.01 Å². The maximum Gasteiger partial charge on any atom is 0.256 e. The molecule has 118 valence electrons. The maximum atomic E-state index is 12.3. The fourth-order valence-electron chi connectivity index (χ4n) is 3.27. The normalized spacial score (nSPS) is 20.2. The Kier molecular flexibility index (Phi) is 4.55. The van der Waals surface area contributed by atoms with E-state index in [2.05, 4.69) is 10.4 Å². The smallest absolute Gasteiger partial charge is 0.256 e. The third kappa shape index (κ3) is 3.20. The molecule has 3 rings (SSSR count). The van der Waals surface area contributed by atoms with Gasteiger partial charge in [-0.25, -0.2) is 5.01 Å². The van der Waals surface area contributed by atoms with E-state index in [4.69, 9.17) is 0 Å². The van der Waals surface area contributed by atoms with Crippen LogP contribution in [0.15, 0.2) is 35.4 Å². The Bertz CT molecular complexity index is 550. The number of aliphatic hydroxyl groups is 1. The second-order valence-electron chi connectivity index (χ2n) is 6.18. The summed E-state index contributed by atoms with van der Waals surface area (Å²) in [6, 6.07) is 9.97. The van der Waals surface area contributed by atoms with Crippen molar-refractivity contribution in [1.29, 1.82) is 0 Å². The maximum absolute atomic E-state index is 12.3. The highest BCUT2D eigenvalue weighted by molar-refractivity contribution is 6.02. The molecule has 2 N–H and O–H groups in total. The van der Waals surface area contributed by atoms with Crippen molar-refractivity contribution in [3.05, 3.63) is 35.9 Å². The van der Waals surface area contributed by atoms with Gasteiger partial charge in [-0.3, -0.25) is 4.79 Å². The monoisotopic (exact) mass is 301 g/mol. The molecule has 5 nitrogen and oxygen atoms in total. The van der Waals surface area contributed by atoms with Crippen LogP contribution in [-0.4, -0.2) is 47.0 Å². The van der Waals surface area contributed by atoms with E-state index in [0.29, 0.717) is 6.54 Å². The lowest BCUT2D eigenvalue weighted by Crippen LogP contribution is -2.49. The minimum Gasteiger partial charge on any atom is -0.394 e. The third-order valence-corrected chi connectivity index (χ3v) is 4.67. The minimum atomic E-state index is -0.263. The molecule has 1 aliphatic heterocycles. The quantitative estimate of drug-likeness (QED) is 0.866. The number of carbonyl (C=O) groups is 1. The molecule has 1 aliphatic carbocycles. The Balaban J connectivity index is 1.58. The van der Waals surface area contributed by atoms with Crippen LogP contribution in [0.3, 0.4) is 0 Å². The molecule has 0 aromatic heterocycles. The zero-order chi connectivity index (χ0) is 15.4. The van der Waals surface area contributed by atoms with Gasteiger partial charge in [0.05, 0.1) is 25.4 Å². The summed E-state index contributed by atoms with van der Waals surface area (Å²) >= 11 is 0. The van der Waals surface area contributed by atoms with Gasteiger partial charge < -0.3 is 10.4 Å². The topological polar surface area (TPSA) is 64.9 Å². The van der Waals surface area contributed by atoms with Crippen molar-refractivity contribution in [3.8, 4) is 0 Å². The molecule has 1 heterocycles. The van der Waals surface area contributed by atoms with Gasteiger partial charge in [0.1, 0.15) is 0 Å². The molecule has 22 heavy (non-hydrogen) atoms. The first-order valence-corrected chi connectivity index (χ1v) is 8.02. The number of hydrogen-bond acceptors (Lipinski definition) is 4. The van der Waals surface area contributed by atoms with Crippen molar-refractivity contribution in [2.24, 2.45) is 5.10 Å². The molecule has 1 amide bonds. The number of hydrogen-bond donors (Lipinski definition) is 2. The van der Waals surface area contributed by atoms with Crippen molar-refractivity contribution < 1.29 is 9.90 Å². The highest BCUT2D eigenvalue weighted by Gasteiger charge is 2.33. The molecule has 5 heteroatoms. The van der Waals surface area contributed by atoms with Gasteiger partial charge in [0.15, 0.2) is 0 Å². The number of benzene rings is 1. The predicted molar refractivity (Wildman–Crippen MR) is 85.6 cm³/mol. The highest BCUT2D eigenvalue weighted by Crippen LogP contribution is 2.28. The second kappa shape index (κ2) is 6.58. The lowest BCUT2D eigenvalue weighted by molar-refractivity contribution is -0.130. The minimum absolute atomic E-state index is 0.0225. The van der Waals surface area contributed by atoms with Crippen LogP contribution < -0.4 is 5.32 Å². The standard InChI is InChI=1S/C17H23N3O2/c21-13-17(9-4-5-10-17)18-12-16(22)20-11-8-15(19-20)14-6-2-1-3-7-14/h1-3,6-7,18,21H,4-5,8-13H2. The first-order chi connectivity index (χ1) is 10.7. The van der Waals surface area contributed by atoms with Gasteiger partial charge in [0.2, 0.25) is 0 Å². The average molecular weight is 301 g/mol. The molecule has 1 saturated carbocycles. The van der Waals surface area contributed by atoms with Gasteiger partial charge in [-0.15, -0.1) is 0 Å². The summed E-state index contributed by atoms with van der Waals surface area (Å²) in [6.45, 7) is 0.974. The van der Waals surface area contributed by atoms with Gasteiger partial charge in [-0.05, 0) is 18.4 Å². The van der Waals surface area contributed by atoms with E-state index in [9.17, 15) is 9.90 Å². The number of nitrogens with one attached hydrogen (secondary N) is 1. The molecule has 2 aliphatic rings. The van der Waals surface area contributed by atoms with Crippen LogP contribution in [0.4, 0.5) is 0 Å². The zero-order valence-electron chi connectivity index (χ0n) is 12.8. The third-order valence-electron chi connectivity index (χ3n) is 4.67. The summed E-state index contributed by atoms with van der Waals surface area (Å²) in [5, 5.41) is 18.8. The van der Waals surface area contributed by atoms with Gasteiger partial charge in [-0.2, -0.15) is 5.10 Å². The van der Waals surface area contributed by atoms with Crippen LogP contribution in [0.5, 0.6) is 0 Å². The van der Waals surface area contributed by atoms with Crippen molar-refractivity contribution in [1.82, 2.24) is 10.3 Å². The molecule has 0 radical (unpaired) electrons. The Morgan fingerprint density at radius 3 is 2.68 bits per heavy atom. The Hall–Kier alpha value is -1.72. The molecule has 0 saturated heterocycles. The van der Waals surface area contributed by atoms with Crippen molar-refractivity contribution >= 4 is 11.6 Å². The van der Waals surface area contributed by atoms with Crippen LogP contribution >= 0.6 is 0 Å². The van der Waals surface area contributed by atoms with E-state index < -0.39 is 0 Å². The summed E-state index contributed by atoms with van der Waals surface area (Å²) in [6.07, 6.45) is 4.90. The van der Waals surface area contributed by atoms with Crippen LogP contribution in [0.25, 0.3) is 0 Å². The summed E-state index contributed by atoms with van der Waals surface area (Å²) in [4.78, 5) is 12.3. The molecule has 1 fully saturated rings. The van der Waals surface area contributed by atoms with Crippen LogP contribution in [-0.2, 0) is 4.79 Å². The van der Waals surface area contributed by atoms with Crippen LogP contribution in [0.1, 0.15) is 37.7 Å². The van der Waals surface area contributed by atoms with Gasteiger partial charge in [0, 0.05) is 12.0 Å². The number of hydrazone groups is 1. The van der Waals surface area contributed by atoms with E-state index >= 15 is 0 Å². The Morgan fingerprint density at radius 1 is 1.27 bits per heavy atom. The molecule has 1 aromatic rings. The van der Waals surface area contributed by atoms with Gasteiger partial charge >= 0.3 is 0 Å². The molecule has 0 spiro atoms. The molecule has 0 unspecified atom stereocenters. The van der Waals surface area contributed by atoms with E-state index in [1.807, 2.05) is 30.3 Å². The van der Waals surface area contributed by atoms with Gasteiger partial charge in [0.25, 0.3) is 5.91 Å². The number of carbonyl (C=O) groups excluding carboxylic acids is 1. The van der Waals surface area contributed by atoms with E-state index in [-0.39, 0.29) is 24.6 Å². The molecule has 0 bridgehead atoms. The van der Waals surface area contributed by atoms with Crippen molar-refractivity contribution in [2.75, 3.05) is 19.7 Å². The van der Waals surface area contributed by atoms with Crippen molar-refractivity contribution in [3.63, 3.8) is 0 Å². The highest BCUT2D eigenvalue weighted by atomic mass is 16.3. The van der Waals surface area contributed by atoms with Crippen LogP contribution in [0.2, 0.25) is 0 Å². The molecular weight excluding hydrogens is 278 g/mol. The average Bonchev–Trinajstić information content (AvgIpc) is 3.24. The predicted octanol–water partition coefficient (Wildman–Crippen LogP) is 1.52. The summed E-state index contributed by atoms with van der Waals surface area (Å²) in [7, 11) is 0. The largest absolute Gasteiger partial charge is 0.394 e. The first-order valence-electron chi connectivity index (χ1n) is 8.02.